The van der Waals surface area contributed by atoms with Crippen molar-refractivity contribution in [2.45, 2.75) is 26.4 Å². The summed E-state index contributed by atoms with van der Waals surface area (Å²) in [7, 11) is -10.7. The van der Waals surface area contributed by atoms with Gasteiger partial charge in [-0.1, -0.05) is 30.3 Å². The van der Waals surface area contributed by atoms with Crippen molar-refractivity contribution >= 4 is 14.0 Å². The summed E-state index contributed by atoms with van der Waals surface area (Å²) in [6.07, 6.45) is 12.5. The Morgan fingerprint density at radius 1 is 0.933 bits per heavy atom. The van der Waals surface area contributed by atoms with Crippen LogP contribution in [0.5, 0.6) is 0 Å². The fourth-order valence-electron chi connectivity index (χ4n) is 1.28. The molecule has 1 aromatic rings. The maximum Gasteiger partial charge on any atom is 3.00 e. The number of halogens is 6. The number of rotatable bonds is 2. The van der Waals surface area contributed by atoms with Gasteiger partial charge in [0.25, 0.3) is 0 Å². The third-order valence-corrected chi connectivity index (χ3v) is 2.06. The van der Waals surface area contributed by atoms with E-state index in [1.807, 2.05) is 68.9 Å². The van der Waals surface area contributed by atoms with Crippen molar-refractivity contribution in [3.05, 3.63) is 87.8 Å². The van der Waals surface area contributed by atoms with E-state index in [1.165, 1.54) is 5.56 Å². The van der Waals surface area contributed by atoms with E-state index in [1.54, 1.807) is 27.2 Å². The second-order valence-electron chi connectivity index (χ2n) is 6.21. The molecule has 0 saturated heterocycles. The number of carbonyl (C=O) groups is 1. The van der Waals surface area contributed by atoms with Gasteiger partial charge in [-0.2, -0.15) is 0 Å². The number of hydrogen-bond acceptors (Lipinski definition) is 2. The zero-order chi connectivity index (χ0) is 23.3. The normalized spacial score (nSPS) is 15.1. The Bertz CT molecular complexity index is 552. The topological polar surface area (TPSA) is 46.5 Å². The van der Waals surface area contributed by atoms with E-state index in [-0.39, 0.29) is 19.5 Å². The summed E-state index contributed by atoms with van der Waals surface area (Å²) in [6.45, 7) is 8.65. The van der Waals surface area contributed by atoms with Crippen LogP contribution in [0.2, 0.25) is 0 Å². The standard InChI is InChI=1S/C9H9.C5H10O3.C5H5.F6P.Ru/c1-2-6-9-7-4-3-5-8-9;1-5(2,3)8-4(6)7;1-2-4-5-3-1;1-7(2,3,4,5)6;/h2-8H,1H2;1-3H3,(H,6,7);1-5H;;/q;;;-1;+3. The minimum atomic E-state index is -10.7. The van der Waals surface area contributed by atoms with Gasteiger partial charge in [0.2, 0.25) is 0 Å². The van der Waals surface area contributed by atoms with E-state index >= 15 is 0 Å². The van der Waals surface area contributed by atoms with Gasteiger partial charge in [-0.25, -0.2) is 4.79 Å². The summed E-state index contributed by atoms with van der Waals surface area (Å²) in [6, 6.07) is 10.1. The molecule has 0 heterocycles. The SMILES string of the molecule is CC(C)(C)OC(=O)O.F[P-](F)(F)(F)(F)F.[CH2][CH][CH]c1ccccc1.[CH]1[CH][CH][CH][CH]1.[Ru+3]. The van der Waals surface area contributed by atoms with Gasteiger partial charge in [0.05, 0.1) is 0 Å². The molecule has 2 rings (SSSR count). The molecule has 1 saturated carbocycles. The van der Waals surface area contributed by atoms with Gasteiger partial charge in [0.1, 0.15) is 5.60 Å². The van der Waals surface area contributed by atoms with Crippen molar-refractivity contribution in [1.82, 2.24) is 0 Å². The molecule has 0 unspecified atom stereocenters. The third kappa shape index (κ3) is 45.7. The molecule has 0 atom stereocenters. The molecule has 1 N–H and O–H groups in total. The van der Waals surface area contributed by atoms with Crippen molar-refractivity contribution in [1.29, 1.82) is 0 Å². The quantitative estimate of drug-likeness (QED) is 0.176. The second kappa shape index (κ2) is 13.5. The molecule has 1 fully saturated rings. The average molecular weight is 546 g/mol. The second-order valence-corrected chi connectivity index (χ2v) is 8.13. The first-order chi connectivity index (χ1) is 12.8. The molecule has 0 aromatic heterocycles. The van der Waals surface area contributed by atoms with E-state index in [9.17, 15) is 30.0 Å². The molecular weight excluding hydrogens is 522 g/mol. The average Bonchev–Trinajstić information content (AvgIpc) is 3.02. The van der Waals surface area contributed by atoms with Crippen LogP contribution in [0.4, 0.5) is 30.0 Å². The molecule has 1 aromatic carbocycles. The van der Waals surface area contributed by atoms with Crippen LogP contribution in [0, 0.1) is 51.9 Å². The molecule has 3 nitrogen and oxygen atoms in total. The first-order valence-corrected chi connectivity index (χ1v) is 9.99. The van der Waals surface area contributed by atoms with Crippen LogP contribution < -0.4 is 0 Å². The predicted molar refractivity (Wildman–Crippen MR) is 103 cm³/mol. The first kappa shape index (κ1) is 33.8. The van der Waals surface area contributed by atoms with Crippen LogP contribution in [0.15, 0.2) is 30.3 Å². The van der Waals surface area contributed by atoms with Crippen molar-refractivity contribution in [2.75, 3.05) is 0 Å². The monoisotopic (exact) mass is 547 g/mol. The Morgan fingerprint density at radius 2 is 1.27 bits per heavy atom. The zero-order valence-electron chi connectivity index (χ0n) is 16.5. The molecule has 0 aliphatic heterocycles. The van der Waals surface area contributed by atoms with Gasteiger partial charge in [0.15, 0.2) is 0 Å². The molecule has 0 amide bonds. The van der Waals surface area contributed by atoms with E-state index < -0.39 is 19.6 Å². The summed E-state index contributed by atoms with van der Waals surface area (Å²) in [4.78, 5) is 9.79. The first-order valence-electron chi connectivity index (χ1n) is 7.96. The summed E-state index contributed by atoms with van der Waals surface area (Å²) in [5.74, 6) is 0. The number of carboxylic acid groups (broad SMARTS) is 1. The minimum Gasteiger partial charge on any atom is -0.0622 e. The van der Waals surface area contributed by atoms with Crippen molar-refractivity contribution in [3.8, 4) is 0 Å². The van der Waals surface area contributed by atoms with Crippen LogP contribution in [-0.4, -0.2) is 16.9 Å². The van der Waals surface area contributed by atoms with Crippen molar-refractivity contribution in [3.63, 3.8) is 0 Å². The largest absolute Gasteiger partial charge is 3.00 e. The number of ether oxygens (including phenoxy) is 1. The Balaban J connectivity index is -0.000000326. The predicted octanol–water partition coefficient (Wildman–Crippen LogP) is 8.16. The maximum absolute atomic E-state index is 10.7. The van der Waals surface area contributed by atoms with Crippen LogP contribution in [-0.2, 0) is 24.2 Å². The Morgan fingerprint density at radius 3 is 1.47 bits per heavy atom. The summed E-state index contributed by atoms with van der Waals surface area (Å²) >= 11 is 0. The van der Waals surface area contributed by atoms with Gasteiger partial charge in [-0.15, -0.1) is 0 Å². The zero-order valence-corrected chi connectivity index (χ0v) is 19.1. The van der Waals surface area contributed by atoms with Gasteiger partial charge in [0, 0.05) is 0 Å². The third-order valence-electron chi connectivity index (χ3n) is 2.06. The van der Waals surface area contributed by atoms with Crippen LogP contribution in [0.1, 0.15) is 26.3 Å². The smallest absolute Gasteiger partial charge is 0.0622 e. The Hall–Kier alpha value is -0.877. The van der Waals surface area contributed by atoms with Crippen molar-refractivity contribution < 1.29 is 59.3 Å². The van der Waals surface area contributed by atoms with Crippen LogP contribution in [0.25, 0.3) is 0 Å². The van der Waals surface area contributed by atoms with Gasteiger partial charge in [-0.05, 0) is 78.2 Å². The van der Waals surface area contributed by atoms with Crippen molar-refractivity contribution in [2.24, 2.45) is 0 Å². The molecule has 0 bridgehead atoms. The fraction of sp³-hybridized carbons (Fsp3) is 0.211. The summed E-state index contributed by atoms with van der Waals surface area (Å²) in [5, 5.41) is 8.03. The van der Waals surface area contributed by atoms with Gasteiger partial charge < -0.3 is 9.84 Å². The van der Waals surface area contributed by atoms with E-state index in [0.29, 0.717) is 0 Å². The molecule has 171 valence electrons. The molecule has 1 aliphatic carbocycles. The maximum atomic E-state index is 9.87. The molecule has 0 spiro atoms. The van der Waals surface area contributed by atoms with Crippen LogP contribution >= 0.6 is 7.81 Å². The summed E-state index contributed by atoms with van der Waals surface area (Å²) < 4.78 is 63.5. The van der Waals surface area contributed by atoms with Crippen LogP contribution in [0.3, 0.4) is 0 Å². The number of benzene rings is 1. The van der Waals surface area contributed by atoms with E-state index in [4.69, 9.17) is 5.11 Å². The van der Waals surface area contributed by atoms with E-state index in [0.717, 1.165) is 0 Å². The molecule has 11 heteroatoms. The molecule has 30 heavy (non-hydrogen) atoms. The Kier molecular flexibility index (Phi) is 15.2. The summed E-state index contributed by atoms with van der Waals surface area (Å²) in [5.41, 5.74) is 0.624. The molecule has 9 radical (unpaired) electrons. The fourth-order valence-corrected chi connectivity index (χ4v) is 1.28. The Labute approximate surface area is 187 Å². The van der Waals surface area contributed by atoms with Gasteiger partial charge >= 0.3 is 58.6 Å². The number of hydrogen-bond donors (Lipinski definition) is 1. The van der Waals surface area contributed by atoms with Gasteiger partial charge in [-0.3, -0.25) is 0 Å². The molecule has 1 aliphatic rings. The van der Waals surface area contributed by atoms with E-state index in [2.05, 4.69) is 11.7 Å². The molecular formula is C19H24F6O3PRu+2. The minimum absolute atomic E-state index is 0.